The van der Waals surface area contributed by atoms with Crippen LogP contribution in [0.3, 0.4) is 0 Å². The summed E-state index contributed by atoms with van der Waals surface area (Å²) < 4.78 is 16.1. The topological polar surface area (TPSA) is 98.0 Å². The molecule has 1 aliphatic heterocycles. The third-order valence-electron chi connectivity index (χ3n) is 8.59. The van der Waals surface area contributed by atoms with Gasteiger partial charge in [0.25, 0.3) is 0 Å². The molecule has 214 valence electrons. The quantitative estimate of drug-likeness (QED) is 0.239. The largest absolute Gasteiger partial charge is 0.465 e. The van der Waals surface area contributed by atoms with Crippen molar-refractivity contribution in [2.24, 2.45) is 0 Å². The van der Waals surface area contributed by atoms with Crippen molar-refractivity contribution >= 4 is 12.1 Å². The molecule has 0 radical (unpaired) electrons. The van der Waals surface area contributed by atoms with Crippen LogP contribution < -0.4 is 0 Å². The fourth-order valence-corrected chi connectivity index (χ4v) is 5.96. The number of benzene rings is 2. The van der Waals surface area contributed by atoms with Crippen LogP contribution in [0.15, 0.2) is 71.8 Å². The first-order chi connectivity index (χ1) is 20.0. The Morgan fingerprint density at radius 2 is 1.95 bits per heavy atom. The maximum absolute atomic E-state index is 13.1. The van der Waals surface area contributed by atoms with Crippen LogP contribution in [0.4, 0.5) is 4.79 Å². The normalized spacial score (nSPS) is 22.6. The Hall–Kier alpha value is -3.98. The van der Waals surface area contributed by atoms with E-state index < -0.39 is 0 Å². The van der Waals surface area contributed by atoms with E-state index in [1.807, 2.05) is 35.2 Å². The molecular formula is C32H36N4O5. The first-order valence-corrected chi connectivity index (χ1v) is 14.3. The van der Waals surface area contributed by atoms with Gasteiger partial charge in [-0.1, -0.05) is 60.3 Å². The Morgan fingerprint density at radius 3 is 2.66 bits per heavy atom. The van der Waals surface area contributed by atoms with Gasteiger partial charge in [0.2, 0.25) is 5.89 Å². The van der Waals surface area contributed by atoms with E-state index in [2.05, 4.69) is 28.8 Å². The highest BCUT2D eigenvalue weighted by molar-refractivity contribution is 5.89. The molecule has 0 spiro atoms. The van der Waals surface area contributed by atoms with Crippen molar-refractivity contribution in [1.82, 2.24) is 19.9 Å². The lowest BCUT2D eigenvalue weighted by atomic mass is 10.0. The number of methoxy groups -OCH3 is 1. The van der Waals surface area contributed by atoms with Gasteiger partial charge in [0, 0.05) is 31.6 Å². The number of carbonyl (C=O) groups excluding carboxylic acids is 2. The van der Waals surface area contributed by atoms with E-state index in [-0.39, 0.29) is 36.0 Å². The number of rotatable bonds is 11. The SMILES string of the molecule is C=CCOC(=O)N(CC1(c2noc(C3CCN(Cc4ccc(C(=O)OC)cc4)C3)n2)CC1)[C@H]1CC1c1ccccc1. The van der Waals surface area contributed by atoms with Gasteiger partial charge in [-0.05, 0) is 55.5 Å². The zero-order valence-corrected chi connectivity index (χ0v) is 23.4. The third-order valence-corrected chi connectivity index (χ3v) is 8.59. The highest BCUT2D eigenvalue weighted by Gasteiger charge is 2.55. The monoisotopic (exact) mass is 556 g/mol. The smallest absolute Gasteiger partial charge is 0.410 e. The van der Waals surface area contributed by atoms with E-state index in [4.69, 9.17) is 19.0 Å². The number of nitrogens with zero attached hydrogens (tertiary/aromatic N) is 4. The van der Waals surface area contributed by atoms with E-state index in [0.29, 0.717) is 29.7 Å². The Bertz CT molecular complexity index is 1380. The maximum atomic E-state index is 13.1. The lowest BCUT2D eigenvalue weighted by Crippen LogP contribution is -2.40. The number of aromatic nitrogens is 2. The van der Waals surface area contributed by atoms with Gasteiger partial charge >= 0.3 is 12.1 Å². The van der Waals surface area contributed by atoms with Gasteiger partial charge in [0.15, 0.2) is 5.82 Å². The predicted molar refractivity (Wildman–Crippen MR) is 151 cm³/mol. The molecule has 2 unspecified atom stereocenters. The second-order valence-corrected chi connectivity index (χ2v) is 11.5. The first-order valence-electron chi connectivity index (χ1n) is 14.3. The van der Waals surface area contributed by atoms with Crippen LogP contribution in [-0.4, -0.2) is 71.4 Å². The Morgan fingerprint density at radius 1 is 1.17 bits per heavy atom. The van der Waals surface area contributed by atoms with E-state index in [0.717, 1.165) is 50.9 Å². The van der Waals surface area contributed by atoms with Gasteiger partial charge in [-0.3, -0.25) is 4.90 Å². The highest BCUT2D eigenvalue weighted by atomic mass is 16.6. The minimum atomic E-state index is -0.330. The van der Waals surface area contributed by atoms with E-state index in [9.17, 15) is 9.59 Å². The molecule has 6 rings (SSSR count). The van der Waals surface area contributed by atoms with Crippen LogP contribution in [-0.2, 0) is 21.4 Å². The van der Waals surface area contributed by atoms with Gasteiger partial charge < -0.3 is 18.9 Å². The number of ether oxygens (including phenoxy) is 2. The first kappa shape index (κ1) is 27.2. The van der Waals surface area contributed by atoms with Crippen molar-refractivity contribution in [3.63, 3.8) is 0 Å². The minimum Gasteiger partial charge on any atom is -0.465 e. The highest BCUT2D eigenvalue weighted by Crippen LogP contribution is 2.52. The van der Waals surface area contributed by atoms with Crippen LogP contribution in [0.2, 0.25) is 0 Å². The summed E-state index contributed by atoms with van der Waals surface area (Å²) >= 11 is 0. The molecule has 2 aliphatic carbocycles. The number of hydrogen-bond acceptors (Lipinski definition) is 8. The molecule has 3 atom stereocenters. The van der Waals surface area contributed by atoms with Crippen molar-refractivity contribution in [3.8, 4) is 0 Å². The lowest BCUT2D eigenvalue weighted by molar-refractivity contribution is 0.0600. The summed E-state index contributed by atoms with van der Waals surface area (Å²) in [7, 11) is 1.39. The predicted octanol–water partition coefficient (Wildman–Crippen LogP) is 5.06. The Kier molecular flexibility index (Phi) is 7.62. The summed E-state index contributed by atoms with van der Waals surface area (Å²) in [6, 6.07) is 18.0. The standard InChI is InChI=1S/C32H36N4O5/c1-3-17-40-31(38)36(27-18-26(27)23-7-5-4-6-8-23)21-32(14-15-32)30-33-28(41-34-30)25-13-16-35(20-25)19-22-9-11-24(12-10-22)29(37)39-2/h3-12,25-27H,1,13-21H2,2H3/t25?,26?,27-/m0/s1. The van der Waals surface area contributed by atoms with Crippen molar-refractivity contribution in [2.75, 3.05) is 33.4 Å². The van der Waals surface area contributed by atoms with Gasteiger partial charge in [-0.2, -0.15) is 4.98 Å². The van der Waals surface area contributed by atoms with Crippen LogP contribution in [0.25, 0.3) is 0 Å². The van der Waals surface area contributed by atoms with E-state index in [1.165, 1.54) is 12.7 Å². The number of amides is 1. The van der Waals surface area contributed by atoms with Gasteiger partial charge in [0.1, 0.15) is 6.61 Å². The fourth-order valence-electron chi connectivity index (χ4n) is 5.96. The molecule has 3 aromatic rings. The van der Waals surface area contributed by atoms with Gasteiger partial charge in [0.05, 0.1) is 24.0 Å². The maximum Gasteiger partial charge on any atom is 0.410 e. The zero-order valence-electron chi connectivity index (χ0n) is 23.4. The molecule has 9 nitrogen and oxygen atoms in total. The second-order valence-electron chi connectivity index (χ2n) is 11.5. The molecule has 2 saturated carbocycles. The van der Waals surface area contributed by atoms with Crippen molar-refractivity contribution in [1.29, 1.82) is 0 Å². The average molecular weight is 557 g/mol. The van der Waals surface area contributed by atoms with Crippen LogP contribution in [0.5, 0.6) is 0 Å². The average Bonchev–Trinajstić information content (AvgIpc) is 3.87. The zero-order chi connectivity index (χ0) is 28.4. The summed E-state index contributed by atoms with van der Waals surface area (Å²) in [6.07, 6.45) is 4.98. The Balaban J connectivity index is 1.10. The van der Waals surface area contributed by atoms with Crippen LogP contribution >= 0.6 is 0 Å². The molecule has 2 heterocycles. The van der Waals surface area contributed by atoms with Crippen molar-refractivity contribution in [3.05, 3.63) is 95.7 Å². The molecule has 41 heavy (non-hydrogen) atoms. The Labute approximate surface area is 240 Å². The summed E-state index contributed by atoms with van der Waals surface area (Å²) in [5.74, 6) is 1.52. The second kappa shape index (κ2) is 11.5. The van der Waals surface area contributed by atoms with Gasteiger partial charge in [-0.15, -0.1) is 0 Å². The molecule has 2 aromatic carbocycles. The summed E-state index contributed by atoms with van der Waals surface area (Å²) in [5.41, 5.74) is 2.64. The molecule has 0 N–H and O–H groups in total. The van der Waals surface area contributed by atoms with Crippen molar-refractivity contribution < 1.29 is 23.6 Å². The molecule has 3 aliphatic rings. The molecule has 9 heteroatoms. The number of hydrogen-bond donors (Lipinski definition) is 0. The summed E-state index contributed by atoms with van der Waals surface area (Å²) in [4.78, 5) is 34.0. The molecule has 1 saturated heterocycles. The molecular weight excluding hydrogens is 520 g/mol. The molecule has 3 fully saturated rings. The number of likely N-dealkylation sites (tertiary alicyclic amines) is 1. The molecule has 0 bridgehead atoms. The molecule has 1 amide bonds. The number of esters is 1. The van der Waals surface area contributed by atoms with Crippen LogP contribution in [0.1, 0.15) is 70.7 Å². The lowest BCUT2D eigenvalue weighted by Gasteiger charge is -2.26. The van der Waals surface area contributed by atoms with E-state index >= 15 is 0 Å². The summed E-state index contributed by atoms with van der Waals surface area (Å²) in [5, 5.41) is 4.43. The summed E-state index contributed by atoms with van der Waals surface area (Å²) in [6.45, 7) is 6.93. The van der Waals surface area contributed by atoms with Gasteiger partial charge in [-0.25, -0.2) is 9.59 Å². The fraction of sp³-hybridized carbons (Fsp3) is 0.438. The molecule has 1 aromatic heterocycles. The van der Waals surface area contributed by atoms with E-state index in [1.54, 1.807) is 18.2 Å². The van der Waals surface area contributed by atoms with Crippen molar-refractivity contribution in [2.45, 2.75) is 55.5 Å². The van der Waals surface area contributed by atoms with Crippen LogP contribution in [0, 0.1) is 0 Å². The third kappa shape index (κ3) is 5.91. The number of carbonyl (C=O) groups is 2. The minimum absolute atomic E-state index is 0.101.